The van der Waals surface area contributed by atoms with Crippen LogP contribution in [0, 0.1) is 52.3 Å². The van der Waals surface area contributed by atoms with E-state index in [9.17, 15) is 10.2 Å². The van der Waals surface area contributed by atoms with Gasteiger partial charge in [-0.15, -0.1) is 0 Å². The second-order valence-electron chi connectivity index (χ2n) is 12.4. The van der Waals surface area contributed by atoms with Crippen LogP contribution in [-0.4, -0.2) is 22.4 Å². The lowest BCUT2D eigenvalue weighted by atomic mass is 9.46. The van der Waals surface area contributed by atoms with Crippen molar-refractivity contribution in [3.63, 3.8) is 0 Å². The molecule has 0 aliphatic heterocycles. The number of allylic oxidation sites excluding steroid dienone is 2. The standard InChI is InChI=1S/C28H46O2/c1-17(2)18(3)7-8-19(4)22-9-10-23-26-24(12-14-28(22,23)6)27(5)13-11-21(29)15-20(27)16-25(26)30/h7-8,16-19,21-26,29-30H,9-15H2,1-6H3/b8-7+/t18-,19+,21-,22+,23-,24-,25-,26-,27-,28+/m0/s1. The summed E-state index contributed by atoms with van der Waals surface area (Å²) in [5.41, 5.74) is 1.90. The monoisotopic (exact) mass is 414 g/mol. The molecule has 2 nitrogen and oxygen atoms in total. The Labute approximate surface area is 185 Å². The Bertz CT molecular complexity index is 693. The third-order valence-electron chi connectivity index (χ3n) is 10.6. The molecule has 10 atom stereocenters. The Hall–Kier alpha value is -0.600. The maximum atomic E-state index is 11.3. The van der Waals surface area contributed by atoms with Crippen molar-refractivity contribution in [3.8, 4) is 0 Å². The summed E-state index contributed by atoms with van der Waals surface area (Å²) in [5, 5.41) is 21.5. The van der Waals surface area contributed by atoms with E-state index in [2.05, 4.69) is 59.8 Å². The van der Waals surface area contributed by atoms with Gasteiger partial charge in [0.15, 0.2) is 0 Å². The summed E-state index contributed by atoms with van der Waals surface area (Å²) in [6.07, 6.45) is 14.5. The number of hydrogen-bond acceptors (Lipinski definition) is 2. The van der Waals surface area contributed by atoms with Crippen LogP contribution in [0.1, 0.15) is 86.5 Å². The predicted molar refractivity (Wildman–Crippen MR) is 125 cm³/mol. The van der Waals surface area contributed by atoms with Gasteiger partial charge in [0.2, 0.25) is 0 Å². The minimum atomic E-state index is -0.321. The van der Waals surface area contributed by atoms with Gasteiger partial charge in [-0.3, -0.25) is 0 Å². The van der Waals surface area contributed by atoms with Crippen molar-refractivity contribution in [3.05, 3.63) is 23.8 Å². The summed E-state index contributed by atoms with van der Waals surface area (Å²) in [7, 11) is 0. The summed E-state index contributed by atoms with van der Waals surface area (Å²) >= 11 is 0. The zero-order chi connectivity index (χ0) is 21.8. The molecule has 4 aliphatic rings. The fourth-order valence-corrected chi connectivity index (χ4v) is 8.24. The van der Waals surface area contributed by atoms with E-state index in [4.69, 9.17) is 0 Å². The molecule has 0 radical (unpaired) electrons. The Morgan fingerprint density at radius 2 is 1.67 bits per heavy atom. The number of rotatable bonds is 4. The maximum Gasteiger partial charge on any atom is 0.0757 e. The molecule has 4 rings (SSSR count). The first-order valence-electron chi connectivity index (χ1n) is 12.8. The van der Waals surface area contributed by atoms with Crippen molar-refractivity contribution in [1.29, 1.82) is 0 Å². The molecule has 170 valence electrons. The summed E-state index contributed by atoms with van der Waals surface area (Å²) in [5.74, 6) is 4.31. The Balaban J connectivity index is 1.57. The van der Waals surface area contributed by atoms with Gasteiger partial charge in [0.1, 0.15) is 0 Å². The first kappa shape index (κ1) is 22.6. The summed E-state index contributed by atoms with van der Waals surface area (Å²) < 4.78 is 0. The van der Waals surface area contributed by atoms with Gasteiger partial charge in [0.05, 0.1) is 12.2 Å². The van der Waals surface area contributed by atoms with Crippen LogP contribution in [0.3, 0.4) is 0 Å². The van der Waals surface area contributed by atoms with Crippen LogP contribution in [0.2, 0.25) is 0 Å². The molecule has 3 fully saturated rings. The van der Waals surface area contributed by atoms with Crippen LogP contribution < -0.4 is 0 Å². The molecule has 2 N–H and O–H groups in total. The van der Waals surface area contributed by atoms with E-state index in [-0.39, 0.29) is 17.6 Å². The first-order chi connectivity index (χ1) is 14.1. The normalized spacial score (nSPS) is 48.1. The maximum absolute atomic E-state index is 11.3. The fourth-order valence-electron chi connectivity index (χ4n) is 8.24. The summed E-state index contributed by atoms with van der Waals surface area (Å²) in [6.45, 7) is 14.4. The van der Waals surface area contributed by atoms with E-state index in [0.29, 0.717) is 40.9 Å². The molecule has 0 unspecified atom stereocenters. The minimum absolute atomic E-state index is 0.195. The average Bonchev–Trinajstić information content (AvgIpc) is 3.04. The molecule has 3 saturated carbocycles. The van der Waals surface area contributed by atoms with Gasteiger partial charge in [0, 0.05) is 0 Å². The number of hydrogen-bond donors (Lipinski definition) is 2. The smallest absolute Gasteiger partial charge is 0.0757 e. The molecule has 0 saturated heterocycles. The Morgan fingerprint density at radius 1 is 0.933 bits per heavy atom. The van der Waals surface area contributed by atoms with E-state index in [0.717, 1.165) is 25.2 Å². The van der Waals surface area contributed by atoms with Crippen molar-refractivity contribution >= 4 is 0 Å². The van der Waals surface area contributed by atoms with Gasteiger partial charge in [-0.25, -0.2) is 0 Å². The molecular formula is C28H46O2. The molecule has 0 amide bonds. The van der Waals surface area contributed by atoms with Crippen molar-refractivity contribution in [2.45, 2.75) is 98.7 Å². The zero-order valence-electron chi connectivity index (χ0n) is 20.3. The third kappa shape index (κ3) is 3.54. The largest absolute Gasteiger partial charge is 0.393 e. The van der Waals surface area contributed by atoms with Gasteiger partial charge in [0.25, 0.3) is 0 Å². The zero-order valence-corrected chi connectivity index (χ0v) is 20.3. The molecule has 0 aromatic carbocycles. The van der Waals surface area contributed by atoms with E-state index in [1.54, 1.807) is 0 Å². The van der Waals surface area contributed by atoms with Crippen molar-refractivity contribution in [1.82, 2.24) is 0 Å². The summed E-state index contributed by atoms with van der Waals surface area (Å²) in [6, 6.07) is 0. The van der Waals surface area contributed by atoms with Gasteiger partial charge in [-0.2, -0.15) is 0 Å². The molecule has 0 bridgehead atoms. The second-order valence-corrected chi connectivity index (χ2v) is 12.4. The molecule has 0 aromatic rings. The van der Waals surface area contributed by atoms with Crippen LogP contribution in [-0.2, 0) is 0 Å². The van der Waals surface area contributed by atoms with Crippen molar-refractivity contribution in [2.75, 3.05) is 0 Å². The van der Waals surface area contributed by atoms with Crippen LogP contribution >= 0.6 is 0 Å². The SMILES string of the molecule is CC(C)[C@@H](C)/C=C/[C@@H](C)[C@H]1CC[C@H]2[C@@H]3[C@@H](O)C=C4C[C@@H](O)CC[C@]4(C)[C@H]3CC[C@]12C. The predicted octanol–water partition coefficient (Wildman–Crippen LogP) is 6.38. The highest BCUT2D eigenvalue weighted by Gasteiger charge is 2.60. The van der Waals surface area contributed by atoms with Crippen molar-refractivity contribution in [2.24, 2.45) is 52.3 Å². The highest BCUT2D eigenvalue weighted by Crippen LogP contribution is 2.67. The van der Waals surface area contributed by atoms with Gasteiger partial charge in [-0.1, -0.05) is 65.3 Å². The lowest BCUT2D eigenvalue weighted by molar-refractivity contribution is -0.0950. The number of fused-ring (bicyclic) bond motifs is 5. The van der Waals surface area contributed by atoms with E-state index >= 15 is 0 Å². The fraction of sp³-hybridized carbons (Fsp3) is 0.857. The highest BCUT2D eigenvalue weighted by molar-refractivity contribution is 5.28. The molecular weight excluding hydrogens is 368 g/mol. The lowest BCUT2D eigenvalue weighted by Crippen LogP contribution is -2.54. The third-order valence-corrected chi connectivity index (χ3v) is 10.6. The molecule has 2 heteroatoms. The van der Waals surface area contributed by atoms with Gasteiger partial charge < -0.3 is 10.2 Å². The first-order valence-corrected chi connectivity index (χ1v) is 12.8. The average molecular weight is 415 g/mol. The molecule has 0 aromatic heterocycles. The van der Waals surface area contributed by atoms with Gasteiger partial charge >= 0.3 is 0 Å². The summed E-state index contributed by atoms with van der Waals surface area (Å²) in [4.78, 5) is 0. The molecule has 4 aliphatic carbocycles. The van der Waals surface area contributed by atoms with E-state index in [1.165, 1.54) is 31.3 Å². The number of aliphatic hydroxyl groups is 2. The highest BCUT2D eigenvalue weighted by atomic mass is 16.3. The Morgan fingerprint density at radius 3 is 2.37 bits per heavy atom. The molecule has 30 heavy (non-hydrogen) atoms. The number of aliphatic hydroxyl groups excluding tert-OH is 2. The van der Waals surface area contributed by atoms with Crippen LogP contribution in [0.25, 0.3) is 0 Å². The molecule has 0 spiro atoms. The molecule has 0 heterocycles. The second kappa shape index (κ2) is 8.07. The lowest BCUT2D eigenvalue weighted by Gasteiger charge is -2.59. The van der Waals surface area contributed by atoms with Crippen LogP contribution in [0.15, 0.2) is 23.8 Å². The van der Waals surface area contributed by atoms with E-state index in [1.807, 2.05) is 0 Å². The Kier molecular flexibility index (Phi) is 6.08. The van der Waals surface area contributed by atoms with Crippen LogP contribution in [0.4, 0.5) is 0 Å². The van der Waals surface area contributed by atoms with Gasteiger partial charge in [-0.05, 0) is 97.2 Å². The van der Waals surface area contributed by atoms with Crippen LogP contribution in [0.5, 0.6) is 0 Å². The quantitative estimate of drug-likeness (QED) is 0.524. The topological polar surface area (TPSA) is 40.5 Å². The van der Waals surface area contributed by atoms with Crippen molar-refractivity contribution < 1.29 is 10.2 Å². The van der Waals surface area contributed by atoms with E-state index < -0.39 is 0 Å². The minimum Gasteiger partial charge on any atom is -0.393 e.